The predicted octanol–water partition coefficient (Wildman–Crippen LogP) is 4.20. The summed E-state index contributed by atoms with van der Waals surface area (Å²) in [7, 11) is 0. The molecule has 1 heterocycles. The molecule has 0 aromatic heterocycles. The van der Waals surface area contributed by atoms with Gasteiger partial charge in [0.15, 0.2) is 0 Å². The van der Waals surface area contributed by atoms with E-state index in [4.69, 9.17) is 0 Å². The van der Waals surface area contributed by atoms with Gasteiger partial charge >= 0.3 is 0 Å². The van der Waals surface area contributed by atoms with Crippen molar-refractivity contribution in [3.05, 3.63) is 0 Å². The van der Waals surface area contributed by atoms with Crippen LogP contribution in [0.5, 0.6) is 0 Å². The Balaban J connectivity index is 1.83. The first-order valence-electron chi connectivity index (χ1n) is 9.44. The van der Waals surface area contributed by atoms with Crippen LogP contribution in [0.3, 0.4) is 0 Å². The predicted molar refractivity (Wildman–Crippen MR) is 90.6 cm³/mol. The van der Waals surface area contributed by atoms with Crippen molar-refractivity contribution in [2.75, 3.05) is 13.1 Å². The molecule has 3 rings (SSSR count). The first kappa shape index (κ1) is 15.8. The maximum absolute atomic E-state index is 3.98. The molecule has 2 heteroatoms. The fraction of sp³-hybridized carbons (Fsp3) is 1.00. The molecule has 1 saturated heterocycles. The molecular weight excluding hydrogens is 256 g/mol. The molecule has 2 saturated carbocycles. The Kier molecular flexibility index (Phi) is 4.40. The van der Waals surface area contributed by atoms with E-state index in [-0.39, 0.29) is 0 Å². The van der Waals surface area contributed by atoms with Crippen LogP contribution in [0.25, 0.3) is 0 Å². The summed E-state index contributed by atoms with van der Waals surface area (Å²) in [6.07, 6.45) is 11.4. The van der Waals surface area contributed by atoms with Gasteiger partial charge in [-0.15, -0.1) is 0 Å². The molecule has 3 fully saturated rings. The van der Waals surface area contributed by atoms with Gasteiger partial charge in [-0.1, -0.05) is 53.4 Å². The SMILES string of the molecule is CC(C)C1CNC2(CCCC2)CN1C1CCCCC1(C)C. The van der Waals surface area contributed by atoms with Gasteiger partial charge in [0.1, 0.15) is 0 Å². The van der Waals surface area contributed by atoms with Crippen LogP contribution in [0, 0.1) is 11.3 Å². The van der Waals surface area contributed by atoms with E-state index in [2.05, 4.69) is 37.9 Å². The normalized spacial score (nSPS) is 36.4. The van der Waals surface area contributed by atoms with Crippen LogP contribution >= 0.6 is 0 Å². The highest BCUT2D eigenvalue weighted by Crippen LogP contribution is 2.43. The summed E-state index contributed by atoms with van der Waals surface area (Å²) in [5.74, 6) is 0.758. The lowest BCUT2D eigenvalue weighted by molar-refractivity contribution is -0.0387. The number of hydrogen-bond acceptors (Lipinski definition) is 2. The standard InChI is InChI=1S/C19H36N2/c1-15(2)16-13-20-19(11-7-8-12-19)14-21(16)17-9-5-6-10-18(17,3)4/h15-17,20H,5-14H2,1-4H3. The van der Waals surface area contributed by atoms with Crippen molar-refractivity contribution < 1.29 is 0 Å². The third kappa shape index (κ3) is 3.03. The molecule has 1 aliphatic heterocycles. The van der Waals surface area contributed by atoms with E-state index >= 15 is 0 Å². The van der Waals surface area contributed by atoms with Crippen molar-refractivity contribution in [2.24, 2.45) is 11.3 Å². The lowest BCUT2D eigenvalue weighted by Gasteiger charge is -2.55. The van der Waals surface area contributed by atoms with Crippen LogP contribution in [0.4, 0.5) is 0 Å². The molecule has 0 amide bonds. The second-order valence-corrected chi connectivity index (χ2v) is 9.10. The molecule has 0 radical (unpaired) electrons. The summed E-state index contributed by atoms with van der Waals surface area (Å²) < 4.78 is 0. The fourth-order valence-corrected chi connectivity index (χ4v) is 5.40. The van der Waals surface area contributed by atoms with Gasteiger partial charge in [-0.25, -0.2) is 0 Å². The van der Waals surface area contributed by atoms with E-state index in [1.54, 1.807) is 0 Å². The summed E-state index contributed by atoms with van der Waals surface area (Å²) in [6, 6.07) is 1.54. The highest BCUT2D eigenvalue weighted by atomic mass is 15.3. The molecule has 1 spiro atoms. The van der Waals surface area contributed by atoms with E-state index in [0.717, 1.165) is 18.0 Å². The zero-order valence-electron chi connectivity index (χ0n) is 14.8. The van der Waals surface area contributed by atoms with Gasteiger partial charge in [-0.2, -0.15) is 0 Å². The van der Waals surface area contributed by atoms with Crippen LogP contribution in [0.15, 0.2) is 0 Å². The highest BCUT2D eigenvalue weighted by molar-refractivity contribution is 5.05. The average Bonchev–Trinajstić information content (AvgIpc) is 2.86. The average molecular weight is 293 g/mol. The topological polar surface area (TPSA) is 15.3 Å². The van der Waals surface area contributed by atoms with Crippen LogP contribution in [-0.4, -0.2) is 35.6 Å². The lowest BCUT2D eigenvalue weighted by Crippen LogP contribution is -2.68. The van der Waals surface area contributed by atoms with Gasteiger partial charge in [0.05, 0.1) is 0 Å². The summed E-state index contributed by atoms with van der Waals surface area (Å²) in [4.78, 5) is 2.96. The van der Waals surface area contributed by atoms with Crippen molar-refractivity contribution in [1.29, 1.82) is 0 Å². The Bertz CT molecular complexity index is 355. The number of rotatable bonds is 2. The molecule has 2 atom stereocenters. The minimum Gasteiger partial charge on any atom is -0.308 e. The van der Waals surface area contributed by atoms with Crippen LogP contribution in [0.1, 0.15) is 79.1 Å². The van der Waals surface area contributed by atoms with Crippen LogP contribution < -0.4 is 5.32 Å². The molecular formula is C19H36N2. The van der Waals surface area contributed by atoms with Gasteiger partial charge in [0, 0.05) is 30.7 Å². The number of piperazine rings is 1. The first-order valence-corrected chi connectivity index (χ1v) is 9.44. The molecule has 122 valence electrons. The van der Waals surface area contributed by atoms with E-state index in [1.807, 2.05) is 0 Å². The van der Waals surface area contributed by atoms with E-state index in [0.29, 0.717) is 11.0 Å². The molecule has 3 aliphatic rings. The van der Waals surface area contributed by atoms with Gasteiger partial charge < -0.3 is 5.32 Å². The van der Waals surface area contributed by atoms with Crippen molar-refractivity contribution in [1.82, 2.24) is 10.2 Å². The van der Waals surface area contributed by atoms with Crippen LogP contribution in [-0.2, 0) is 0 Å². The van der Waals surface area contributed by atoms with Gasteiger partial charge in [0.25, 0.3) is 0 Å². The zero-order chi connectivity index (χ0) is 15.1. The third-order valence-electron chi connectivity index (χ3n) is 6.78. The van der Waals surface area contributed by atoms with E-state index < -0.39 is 0 Å². The second kappa shape index (κ2) is 5.85. The number of nitrogens with one attached hydrogen (secondary N) is 1. The smallest absolute Gasteiger partial charge is 0.0309 e. The van der Waals surface area contributed by atoms with Crippen LogP contribution in [0.2, 0.25) is 0 Å². The Morgan fingerprint density at radius 2 is 1.67 bits per heavy atom. The maximum Gasteiger partial charge on any atom is 0.0309 e. The zero-order valence-corrected chi connectivity index (χ0v) is 14.8. The molecule has 0 aromatic carbocycles. The number of nitrogens with zero attached hydrogens (tertiary/aromatic N) is 1. The number of hydrogen-bond donors (Lipinski definition) is 1. The lowest BCUT2D eigenvalue weighted by atomic mass is 9.71. The Morgan fingerprint density at radius 1 is 1.00 bits per heavy atom. The van der Waals surface area contributed by atoms with Gasteiger partial charge in [-0.3, -0.25) is 4.90 Å². The quantitative estimate of drug-likeness (QED) is 0.820. The molecule has 1 N–H and O–H groups in total. The van der Waals surface area contributed by atoms with Crippen molar-refractivity contribution >= 4 is 0 Å². The van der Waals surface area contributed by atoms with E-state index in [1.165, 1.54) is 64.5 Å². The summed E-state index contributed by atoms with van der Waals surface area (Å²) in [5, 5.41) is 3.98. The molecule has 0 aromatic rings. The molecule has 2 nitrogen and oxygen atoms in total. The monoisotopic (exact) mass is 292 g/mol. The van der Waals surface area contributed by atoms with Crippen molar-refractivity contribution in [2.45, 2.75) is 96.7 Å². The first-order chi connectivity index (χ1) is 9.94. The molecule has 21 heavy (non-hydrogen) atoms. The van der Waals surface area contributed by atoms with Gasteiger partial charge in [-0.05, 0) is 37.0 Å². The summed E-state index contributed by atoms with van der Waals surface area (Å²) >= 11 is 0. The summed E-state index contributed by atoms with van der Waals surface area (Å²) in [6.45, 7) is 12.4. The largest absolute Gasteiger partial charge is 0.308 e. The highest BCUT2D eigenvalue weighted by Gasteiger charge is 2.47. The van der Waals surface area contributed by atoms with Crippen molar-refractivity contribution in [3.63, 3.8) is 0 Å². The van der Waals surface area contributed by atoms with Gasteiger partial charge in [0.2, 0.25) is 0 Å². The molecule has 2 unspecified atom stereocenters. The van der Waals surface area contributed by atoms with E-state index in [9.17, 15) is 0 Å². The Hall–Kier alpha value is -0.0800. The van der Waals surface area contributed by atoms with Crippen molar-refractivity contribution in [3.8, 4) is 0 Å². The second-order valence-electron chi connectivity index (χ2n) is 9.10. The maximum atomic E-state index is 3.98. The Morgan fingerprint density at radius 3 is 2.29 bits per heavy atom. The minimum atomic E-state index is 0.457. The summed E-state index contributed by atoms with van der Waals surface area (Å²) in [5.41, 5.74) is 0.960. The molecule has 2 aliphatic carbocycles. The third-order valence-corrected chi connectivity index (χ3v) is 6.78. The Labute approximate surface area is 132 Å². The fourth-order valence-electron chi connectivity index (χ4n) is 5.40. The minimum absolute atomic E-state index is 0.457. The molecule has 0 bridgehead atoms.